The summed E-state index contributed by atoms with van der Waals surface area (Å²) in [5.41, 5.74) is 1.25. The summed E-state index contributed by atoms with van der Waals surface area (Å²) < 4.78 is 0. The van der Waals surface area contributed by atoms with Crippen LogP contribution in [0.4, 0.5) is 11.5 Å². The minimum atomic E-state index is -0.503. The highest BCUT2D eigenvalue weighted by Gasteiger charge is 2.21. The molecule has 0 unspecified atom stereocenters. The number of aromatic nitrogens is 2. The summed E-state index contributed by atoms with van der Waals surface area (Å²) in [7, 11) is 0. The van der Waals surface area contributed by atoms with Gasteiger partial charge in [0.15, 0.2) is 0 Å². The van der Waals surface area contributed by atoms with Gasteiger partial charge in [-0.2, -0.15) is 4.98 Å². The Bertz CT molecular complexity index is 619. The van der Waals surface area contributed by atoms with Crippen molar-refractivity contribution in [1.82, 2.24) is 9.97 Å². The van der Waals surface area contributed by atoms with Crippen LogP contribution < -0.4 is 5.32 Å². The van der Waals surface area contributed by atoms with E-state index in [0.717, 1.165) is 12.0 Å². The first-order valence-electron chi connectivity index (χ1n) is 6.04. The molecule has 0 amide bonds. The quantitative estimate of drug-likeness (QED) is 0.520. The average molecular weight is 293 g/mol. The lowest BCUT2D eigenvalue weighted by atomic mass is 10.1. The molecule has 0 spiro atoms. The molecular formula is C13H13ClN4O2. The minimum Gasteiger partial charge on any atom is -0.364 e. The zero-order valence-corrected chi connectivity index (χ0v) is 11.6. The lowest BCUT2D eigenvalue weighted by molar-refractivity contribution is -0.385. The van der Waals surface area contributed by atoms with Crippen molar-refractivity contribution in [2.24, 2.45) is 0 Å². The summed E-state index contributed by atoms with van der Waals surface area (Å²) in [5.74, 6) is 0.156. The summed E-state index contributed by atoms with van der Waals surface area (Å²) in [6.45, 7) is 2.06. The first-order chi connectivity index (χ1) is 9.58. The zero-order valence-electron chi connectivity index (χ0n) is 10.8. The largest absolute Gasteiger partial charge is 0.364 e. The van der Waals surface area contributed by atoms with Crippen LogP contribution in [-0.2, 0) is 6.42 Å². The van der Waals surface area contributed by atoms with Crippen LogP contribution in [0, 0.1) is 17.0 Å². The second-order valence-corrected chi connectivity index (χ2v) is 4.53. The van der Waals surface area contributed by atoms with E-state index in [2.05, 4.69) is 15.3 Å². The Morgan fingerprint density at radius 3 is 2.65 bits per heavy atom. The molecule has 2 rings (SSSR count). The predicted octanol–water partition coefficient (Wildman–Crippen LogP) is 3.00. The highest BCUT2D eigenvalue weighted by molar-refractivity contribution is 6.28. The first-order valence-corrected chi connectivity index (χ1v) is 6.42. The monoisotopic (exact) mass is 292 g/mol. The lowest BCUT2D eigenvalue weighted by Gasteiger charge is -2.07. The van der Waals surface area contributed by atoms with E-state index in [1.165, 1.54) is 6.92 Å². The molecule has 0 fully saturated rings. The van der Waals surface area contributed by atoms with Crippen LogP contribution in [0.2, 0.25) is 5.28 Å². The van der Waals surface area contributed by atoms with Gasteiger partial charge in [0.25, 0.3) is 0 Å². The number of hydrogen-bond donors (Lipinski definition) is 1. The van der Waals surface area contributed by atoms with Gasteiger partial charge in [-0.3, -0.25) is 10.1 Å². The van der Waals surface area contributed by atoms with Gasteiger partial charge in [-0.1, -0.05) is 30.3 Å². The van der Waals surface area contributed by atoms with Crippen LogP contribution in [0.1, 0.15) is 11.3 Å². The fourth-order valence-corrected chi connectivity index (χ4v) is 2.06. The highest BCUT2D eigenvalue weighted by Crippen LogP contribution is 2.26. The molecule has 104 valence electrons. The molecule has 1 N–H and O–H groups in total. The van der Waals surface area contributed by atoms with E-state index in [1.807, 2.05) is 30.3 Å². The van der Waals surface area contributed by atoms with Gasteiger partial charge in [-0.25, -0.2) is 4.98 Å². The summed E-state index contributed by atoms with van der Waals surface area (Å²) in [6.07, 6.45) is 0.735. The number of nitrogens with zero attached hydrogens (tertiary/aromatic N) is 3. The first kappa shape index (κ1) is 14.2. The van der Waals surface area contributed by atoms with Crippen molar-refractivity contribution >= 4 is 23.1 Å². The molecule has 0 atom stereocenters. The van der Waals surface area contributed by atoms with Crippen LogP contribution in [-0.4, -0.2) is 21.4 Å². The summed E-state index contributed by atoms with van der Waals surface area (Å²) in [6, 6.07) is 9.82. The van der Waals surface area contributed by atoms with E-state index in [-0.39, 0.29) is 22.5 Å². The fourth-order valence-electron chi connectivity index (χ4n) is 1.84. The second kappa shape index (κ2) is 6.29. The molecule has 0 bridgehead atoms. The Morgan fingerprint density at radius 1 is 1.30 bits per heavy atom. The maximum atomic E-state index is 11.0. The van der Waals surface area contributed by atoms with E-state index in [0.29, 0.717) is 6.54 Å². The number of nitro groups is 1. The molecule has 1 aromatic carbocycles. The number of halogens is 1. The van der Waals surface area contributed by atoms with Gasteiger partial charge in [0.1, 0.15) is 5.69 Å². The van der Waals surface area contributed by atoms with E-state index in [1.54, 1.807) is 0 Å². The summed E-state index contributed by atoms with van der Waals surface area (Å²) >= 11 is 5.74. The molecule has 0 aliphatic rings. The van der Waals surface area contributed by atoms with E-state index in [9.17, 15) is 10.1 Å². The van der Waals surface area contributed by atoms with Crippen molar-refractivity contribution in [1.29, 1.82) is 0 Å². The average Bonchev–Trinajstić information content (AvgIpc) is 2.38. The summed E-state index contributed by atoms with van der Waals surface area (Å²) in [5, 5.41) is 14.0. The normalized spacial score (nSPS) is 10.3. The molecule has 1 aromatic heterocycles. The molecule has 1 heterocycles. The SMILES string of the molecule is Cc1nc(Cl)nc(NCCc2ccccc2)c1[N+](=O)[O-]. The predicted molar refractivity (Wildman–Crippen MR) is 77.1 cm³/mol. The molecule has 0 saturated carbocycles. The molecular weight excluding hydrogens is 280 g/mol. The standard InChI is InChI=1S/C13H13ClN4O2/c1-9-11(18(19)20)12(17-13(14)16-9)15-8-7-10-5-3-2-4-6-10/h2-6H,7-8H2,1H3,(H,15,16,17). The second-order valence-electron chi connectivity index (χ2n) is 4.19. The smallest absolute Gasteiger partial charge is 0.332 e. The van der Waals surface area contributed by atoms with Crippen LogP contribution in [0.3, 0.4) is 0 Å². The topological polar surface area (TPSA) is 81.0 Å². The van der Waals surface area contributed by atoms with Gasteiger partial charge in [0.05, 0.1) is 4.92 Å². The van der Waals surface area contributed by atoms with Crippen molar-refractivity contribution in [3.63, 3.8) is 0 Å². The number of rotatable bonds is 5. The maximum Gasteiger partial charge on any atom is 0.332 e. The summed E-state index contributed by atoms with van der Waals surface area (Å²) in [4.78, 5) is 18.2. The maximum absolute atomic E-state index is 11.0. The third-order valence-electron chi connectivity index (χ3n) is 2.76. The third-order valence-corrected chi connectivity index (χ3v) is 2.93. The van der Waals surface area contributed by atoms with E-state index >= 15 is 0 Å². The van der Waals surface area contributed by atoms with Gasteiger partial charge in [-0.05, 0) is 30.5 Å². The van der Waals surface area contributed by atoms with E-state index in [4.69, 9.17) is 11.6 Å². The Labute approximate surface area is 121 Å². The minimum absolute atomic E-state index is 0.00434. The molecule has 20 heavy (non-hydrogen) atoms. The van der Waals surface area contributed by atoms with Gasteiger partial charge in [-0.15, -0.1) is 0 Å². The highest BCUT2D eigenvalue weighted by atomic mass is 35.5. The Hall–Kier alpha value is -2.21. The van der Waals surface area contributed by atoms with Crippen molar-refractivity contribution in [3.8, 4) is 0 Å². The van der Waals surface area contributed by atoms with Crippen molar-refractivity contribution in [2.45, 2.75) is 13.3 Å². The van der Waals surface area contributed by atoms with Gasteiger partial charge < -0.3 is 5.32 Å². The number of anilines is 1. The Kier molecular flexibility index (Phi) is 4.47. The molecule has 0 aliphatic heterocycles. The lowest BCUT2D eigenvalue weighted by Crippen LogP contribution is -2.10. The Morgan fingerprint density at radius 2 is 2.00 bits per heavy atom. The van der Waals surface area contributed by atoms with Gasteiger partial charge >= 0.3 is 5.69 Å². The van der Waals surface area contributed by atoms with Crippen molar-refractivity contribution in [2.75, 3.05) is 11.9 Å². The van der Waals surface area contributed by atoms with Gasteiger partial charge in [0.2, 0.25) is 11.1 Å². The molecule has 0 saturated heterocycles. The number of aryl methyl sites for hydroxylation is 1. The number of nitrogens with one attached hydrogen (secondary N) is 1. The van der Waals surface area contributed by atoms with Gasteiger partial charge in [0, 0.05) is 6.54 Å². The molecule has 6 nitrogen and oxygen atoms in total. The molecule has 2 aromatic rings. The van der Waals surface area contributed by atoms with Crippen molar-refractivity contribution in [3.05, 3.63) is 57.0 Å². The molecule has 0 radical (unpaired) electrons. The van der Waals surface area contributed by atoms with Crippen molar-refractivity contribution < 1.29 is 4.92 Å². The third kappa shape index (κ3) is 3.42. The van der Waals surface area contributed by atoms with Crippen LogP contribution in [0.25, 0.3) is 0 Å². The van der Waals surface area contributed by atoms with Crippen LogP contribution in [0.5, 0.6) is 0 Å². The molecule has 0 aliphatic carbocycles. The van der Waals surface area contributed by atoms with E-state index < -0.39 is 4.92 Å². The molecule has 7 heteroatoms. The zero-order chi connectivity index (χ0) is 14.5. The van der Waals surface area contributed by atoms with Crippen LogP contribution in [0.15, 0.2) is 30.3 Å². The number of hydrogen-bond acceptors (Lipinski definition) is 5. The fraction of sp³-hybridized carbons (Fsp3) is 0.231. The van der Waals surface area contributed by atoms with Crippen LogP contribution >= 0.6 is 11.6 Å². The number of benzene rings is 1. The Balaban J connectivity index is 2.11.